The van der Waals surface area contributed by atoms with Crippen molar-refractivity contribution in [3.63, 3.8) is 0 Å². The third-order valence-electron chi connectivity index (χ3n) is 3.22. The van der Waals surface area contributed by atoms with Crippen LogP contribution < -0.4 is 4.72 Å². The van der Waals surface area contributed by atoms with Gasteiger partial charge in [-0.2, -0.15) is 4.72 Å². The van der Waals surface area contributed by atoms with Gasteiger partial charge in [0.2, 0.25) is 10.0 Å². The van der Waals surface area contributed by atoms with Gasteiger partial charge in [-0.25, -0.2) is 12.8 Å². The van der Waals surface area contributed by atoms with Gasteiger partial charge in [0, 0.05) is 0 Å². The number of benzene rings is 1. The maximum atomic E-state index is 13.8. The molecule has 1 aliphatic carbocycles. The summed E-state index contributed by atoms with van der Waals surface area (Å²) in [5.74, 6) is -2.18. The predicted molar refractivity (Wildman–Crippen MR) is 70.2 cm³/mol. The SMILES string of the molecule is Cc1ccc(S(=O)(=O)NC2(C(=O)O)CC=CC2)c(F)c1. The molecule has 2 rings (SSSR count). The topological polar surface area (TPSA) is 83.5 Å². The van der Waals surface area contributed by atoms with Gasteiger partial charge >= 0.3 is 5.97 Å². The molecule has 0 saturated carbocycles. The molecule has 0 radical (unpaired) electrons. The van der Waals surface area contributed by atoms with E-state index in [1.807, 2.05) is 0 Å². The van der Waals surface area contributed by atoms with Crippen LogP contribution in [0.4, 0.5) is 4.39 Å². The summed E-state index contributed by atoms with van der Waals surface area (Å²) in [6, 6.07) is 3.68. The Balaban J connectivity index is 2.38. The van der Waals surface area contributed by atoms with Crippen LogP contribution in [0.15, 0.2) is 35.2 Å². The molecular weight excluding hydrogens is 285 g/mol. The normalized spacial score (nSPS) is 17.3. The third kappa shape index (κ3) is 2.59. The zero-order chi connectivity index (χ0) is 15.0. The molecule has 0 saturated heterocycles. The van der Waals surface area contributed by atoms with Gasteiger partial charge in [-0.1, -0.05) is 18.2 Å². The Kier molecular flexibility index (Phi) is 3.66. The molecule has 1 aromatic rings. The number of aliphatic carboxylic acids is 1. The van der Waals surface area contributed by atoms with Crippen LogP contribution in [0.5, 0.6) is 0 Å². The van der Waals surface area contributed by atoms with E-state index in [9.17, 15) is 22.7 Å². The fraction of sp³-hybridized carbons (Fsp3) is 0.308. The quantitative estimate of drug-likeness (QED) is 0.827. The van der Waals surface area contributed by atoms with E-state index < -0.39 is 32.2 Å². The van der Waals surface area contributed by atoms with Crippen molar-refractivity contribution in [2.45, 2.75) is 30.2 Å². The van der Waals surface area contributed by atoms with Crippen LogP contribution in [0.3, 0.4) is 0 Å². The Labute approximate surface area is 116 Å². The average Bonchev–Trinajstić information content (AvgIpc) is 2.77. The van der Waals surface area contributed by atoms with Gasteiger partial charge in [-0.05, 0) is 37.5 Å². The lowest BCUT2D eigenvalue weighted by molar-refractivity contribution is -0.143. The van der Waals surface area contributed by atoms with Crippen LogP contribution >= 0.6 is 0 Å². The van der Waals surface area contributed by atoms with E-state index >= 15 is 0 Å². The minimum absolute atomic E-state index is 0.0367. The van der Waals surface area contributed by atoms with Crippen molar-refractivity contribution in [3.05, 3.63) is 41.7 Å². The molecule has 5 nitrogen and oxygen atoms in total. The second kappa shape index (κ2) is 4.99. The lowest BCUT2D eigenvalue weighted by Gasteiger charge is -2.25. The smallest absolute Gasteiger partial charge is 0.325 e. The van der Waals surface area contributed by atoms with E-state index in [1.165, 1.54) is 6.07 Å². The number of halogens is 1. The molecule has 0 heterocycles. The summed E-state index contributed by atoms with van der Waals surface area (Å²) in [6.45, 7) is 1.63. The minimum Gasteiger partial charge on any atom is -0.480 e. The Hall–Kier alpha value is -1.73. The molecule has 2 N–H and O–H groups in total. The summed E-state index contributed by atoms with van der Waals surface area (Å²) in [7, 11) is -4.24. The number of carboxylic acid groups (broad SMARTS) is 1. The van der Waals surface area contributed by atoms with Crippen molar-refractivity contribution in [3.8, 4) is 0 Å². The number of sulfonamides is 1. The first kappa shape index (κ1) is 14.7. The number of rotatable bonds is 4. The highest BCUT2D eigenvalue weighted by Gasteiger charge is 2.43. The van der Waals surface area contributed by atoms with Crippen molar-refractivity contribution >= 4 is 16.0 Å². The largest absolute Gasteiger partial charge is 0.480 e. The summed E-state index contributed by atoms with van der Waals surface area (Å²) in [5.41, 5.74) is -1.05. The molecule has 108 valence electrons. The van der Waals surface area contributed by atoms with Gasteiger partial charge in [-0.15, -0.1) is 0 Å². The van der Waals surface area contributed by atoms with Crippen molar-refractivity contribution in [2.75, 3.05) is 0 Å². The van der Waals surface area contributed by atoms with E-state index in [4.69, 9.17) is 0 Å². The van der Waals surface area contributed by atoms with Crippen molar-refractivity contribution in [1.29, 1.82) is 0 Å². The standard InChI is InChI=1S/C13H14FNO4S/c1-9-4-5-11(10(14)8-9)20(18,19)15-13(12(16)17)6-2-3-7-13/h2-5,8,15H,6-7H2,1H3,(H,16,17). The van der Waals surface area contributed by atoms with E-state index in [2.05, 4.69) is 4.72 Å². The second-order valence-corrected chi connectivity index (χ2v) is 6.46. The number of hydrogen-bond donors (Lipinski definition) is 2. The van der Waals surface area contributed by atoms with E-state index in [1.54, 1.807) is 19.1 Å². The summed E-state index contributed by atoms with van der Waals surface area (Å²) in [5, 5.41) is 9.23. The Morgan fingerprint density at radius 1 is 1.35 bits per heavy atom. The average molecular weight is 299 g/mol. The van der Waals surface area contributed by atoms with Gasteiger partial charge in [0.15, 0.2) is 0 Å². The molecule has 0 atom stereocenters. The van der Waals surface area contributed by atoms with Crippen molar-refractivity contribution in [1.82, 2.24) is 4.72 Å². The molecule has 0 spiro atoms. The molecule has 1 aromatic carbocycles. The van der Waals surface area contributed by atoms with Gasteiger partial charge in [0.1, 0.15) is 16.3 Å². The van der Waals surface area contributed by atoms with Crippen LogP contribution in [0.1, 0.15) is 18.4 Å². The lowest BCUT2D eigenvalue weighted by Crippen LogP contribution is -2.52. The number of nitrogens with one attached hydrogen (secondary N) is 1. The van der Waals surface area contributed by atoms with Crippen LogP contribution in [0, 0.1) is 12.7 Å². The molecule has 0 aliphatic heterocycles. The van der Waals surface area contributed by atoms with Gasteiger partial charge in [0.05, 0.1) is 0 Å². The summed E-state index contributed by atoms with van der Waals surface area (Å²) < 4.78 is 40.3. The number of carbonyl (C=O) groups is 1. The molecule has 7 heteroatoms. The number of hydrogen-bond acceptors (Lipinski definition) is 3. The molecule has 0 bridgehead atoms. The van der Waals surface area contributed by atoms with Crippen LogP contribution in [-0.2, 0) is 14.8 Å². The molecule has 0 unspecified atom stereocenters. The van der Waals surface area contributed by atoms with E-state index in [-0.39, 0.29) is 12.8 Å². The summed E-state index contributed by atoms with van der Waals surface area (Å²) in [4.78, 5) is 10.8. The monoisotopic (exact) mass is 299 g/mol. The molecule has 0 aromatic heterocycles. The zero-order valence-electron chi connectivity index (χ0n) is 10.8. The first-order valence-corrected chi connectivity index (χ1v) is 7.44. The first-order chi connectivity index (χ1) is 9.27. The zero-order valence-corrected chi connectivity index (χ0v) is 11.6. The number of carboxylic acids is 1. The van der Waals surface area contributed by atoms with Crippen molar-refractivity contribution in [2.24, 2.45) is 0 Å². The Bertz CT molecular complexity index is 674. The maximum Gasteiger partial charge on any atom is 0.325 e. The Morgan fingerprint density at radius 3 is 2.45 bits per heavy atom. The fourth-order valence-corrected chi connectivity index (χ4v) is 3.53. The Morgan fingerprint density at radius 2 is 1.95 bits per heavy atom. The fourth-order valence-electron chi connectivity index (χ4n) is 2.09. The summed E-state index contributed by atoms with van der Waals surface area (Å²) in [6.07, 6.45) is 3.24. The van der Waals surface area contributed by atoms with Crippen LogP contribution in [0.2, 0.25) is 0 Å². The third-order valence-corrected chi connectivity index (χ3v) is 4.78. The lowest BCUT2D eigenvalue weighted by atomic mass is 9.99. The van der Waals surface area contributed by atoms with Gasteiger partial charge < -0.3 is 5.11 Å². The van der Waals surface area contributed by atoms with E-state index in [0.717, 1.165) is 12.1 Å². The highest BCUT2D eigenvalue weighted by Crippen LogP contribution is 2.27. The highest BCUT2D eigenvalue weighted by atomic mass is 32.2. The van der Waals surface area contributed by atoms with Gasteiger partial charge in [-0.3, -0.25) is 4.79 Å². The summed E-state index contributed by atoms with van der Waals surface area (Å²) >= 11 is 0. The maximum absolute atomic E-state index is 13.8. The van der Waals surface area contributed by atoms with E-state index in [0.29, 0.717) is 5.56 Å². The van der Waals surface area contributed by atoms with Crippen LogP contribution in [0.25, 0.3) is 0 Å². The molecule has 0 amide bonds. The second-order valence-electron chi connectivity index (χ2n) is 4.81. The molecule has 0 fully saturated rings. The van der Waals surface area contributed by atoms with Crippen molar-refractivity contribution < 1.29 is 22.7 Å². The van der Waals surface area contributed by atoms with Gasteiger partial charge in [0.25, 0.3) is 0 Å². The van der Waals surface area contributed by atoms with Crippen LogP contribution in [-0.4, -0.2) is 25.0 Å². The molecule has 20 heavy (non-hydrogen) atoms. The minimum atomic E-state index is -4.24. The highest BCUT2D eigenvalue weighted by molar-refractivity contribution is 7.89. The first-order valence-electron chi connectivity index (χ1n) is 5.95. The molecule has 1 aliphatic rings. The predicted octanol–water partition coefficient (Wildman–Crippen LogP) is 1.59. The molecular formula is C13H14FNO4S. The number of aryl methyl sites for hydroxylation is 1.